The van der Waals surface area contributed by atoms with Gasteiger partial charge in [-0.3, -0.25) is 4.79 Å². The van der Waals surface area contributed by atoms with Crippen LogP contribution in [0.3, 0.4) is 0 Å². The van der Waals surface area contributed by atoms with Crippen molar-refractivity contribution < 1.29 is 27.5 Å². The van der Waals surface area contributed by atoms with Crippen molar-refractivity contribution in [1.82, 2.24) is 0 Å². The van der Waals surface area contributed by atoms with Gasteiger partial charge in [-0.2, -0.15) is 0 Å². The molecule has 2 aromatic rings. The third-order valence-corrected chi connectivity index (χ3v) is 5.28. The number of rotatable bonds is 7. The van der Waals surface area contributed by atoms with Gasteiger partial charge >= 0.3 is 5.97 Å². The lowest BCUT2D eigenvalue weighted by atomic mass is 10.2. The Bertz CT molecular complexity index is 890. The van der Waals surface area contributed by atoms with Crippen LogP contribution in [0.2, 0.25) is 0 Å². The van der Waals surface area contributed by atoms with Gasteiger partial charge in [0.15, 0.2) is 16.4 Å². The number of hydrogen-bond donors (Lipinski definition) is 1. The molecule has 0 unspecified atom stereocenters. The van der Waals surface area contributed by atoms with E-state index in [1.807, 2.05) is 0 Å². The van der Waals surface area contributed by atoms with Crippen LogP contribution in [0.25, 0.3) is 0 Å². The standard InChI is InChI=1S/C18H19NO6S/c1-3-26(22,23)16-9-7-14(8-10-16)19-18(21)13-5-4-6-15(11-13)25-12-17(20)24-2/h4-11H,3,12H2,1-2H3,(H,19,21). The minimum absolute atomic E-state index is 0.0110. The molecule has 0 heterocycles. The first kappa shape index (κ1) is 19.5. The lowest BCUT2D eigenvalue weighted by molar-refractivity contribution is -0.142. The van der Waals surface area contributed by atoms with Crippen molar-refractivity contribution in [2.75, 3.05) is 24.8 Å². The molecule has 0 radical (unpaired) electrons. The molecule has 0 saturated carbocycles. The third kappa shape index (κ3) is 5.06. The molecule has 0 aliphatic carbocycles. The first-order valence-corrected chi connectivity index (χ1v) is 9.45. The van der Waals surface area contributed by atoms with Gasteiger partial charge in [-0.1, -0.05) is 13.0 Å². The summed E-state index contributed by atoms with van der Waals surface area (Å²) >= 11 is 0. The van der Waals surface area contributed by atoms with E-state index < -0.39 is 15.8 Å². The summed E-state index contributed by atoms with van der Waals surface area (Å²) in [6, 6.07) is 12.3. The van der Waals surface area contributed by atoms with Gasteiger partial charge in [0.05, 0.1) is 17.8 Å². The van der Waals surface area contributed by atoms with Crippen molar-refractivity contribution in [2.24, 2.45) is 0 Å². The minimum Gasteiger partial charge on any atom is -0.482 e. The van der Waals surface area contributed by atoms with Crippen molar-refractivity contribution in [1.29, 1.82) is 0 Å². The molecule has 2 rings (SSSR count). The second-order valence-corrected chi connectivity index (χ2v) is 7.55. The predicted octanol–water partition coefficient (Wildman–Crippen LogP) is 2.28. The molecule has 0 aliphatic heterocycles. The number of anilines is 1. The second kappa shape index (κ2) is 8.48. The van der Waals surface area contributed by atoms with E-state index in [1.165, 1.54) is 37.4 Å². The van der Waals surface area contributed by atoms with E-state index in [0.717, 1.165) is 0 Å². The molecule has 0 atom stereocenters. The predicted molar refractivity (Wildman–Crippen MR) is 96.1 cm³/mol. The Kier molecular flexibility index (Phi) is 6.35. The summed E-state index contributed by atoms with van der Waals surface area (Å²) in [4.78, 5) is 23.6. The molecule has 0 bridgehead atoms. The van der Waals surface area contributed by atoms with Crippen molar-refractivity contribution in [2.45, 2.75) is 11.8 Å². The maximum Gasteiger partial charge on any atom is 0.343 e. The van der Waals surface area contributed by atoms with Gasteiger partial charge < -0.3 is 14.8 Å². The minimum atomic E-state index is -3.28. The van der Waals surface area contributed by atoms with Gasteiger partial charge in [0, 0.05) is 11.3 Å². The Balaban J connectivity index is 2.07. The summed E-state index contributed by atoms with van der Waals surface area (Å²) in [5.74, 6) is -0.550. The maximum absolute atomic E-state index is 12.3. The Hall–Kier alpha value is -2.87. The molecule has 0 aliphatic rings. The SMILES string of the molecule is CCS(=O)(=O)c1ccc(NC(=O)c2cccc(OCC(=O)OC)c2)cc1. The summed E-state index contributed by atoms with van der Waals surface area (Å²) in [7, 11) is -2.03. The van der Waals surface area contributed by atoms with Gasteiger partial charge in [-0.05, 0) is 42.5 Å². The van der Waals surface area contributed by atoms with Crippen LogP contribution in [-0.4, -0.2) is 39.8 Å². The quantitative estimate of drug-likeness (QED) is 0.743. The van der Waals surface area contributed by atoms with Gasteiger partial charge in [0.1, 0.15) is 5.75 Å². The normalized spacial score (nSPS) is 10.8. The van der Waals surface area contributed by atoms with Crippen LogP contribution in [0.1, 0.15) is 17.3 Å². The molecule has 7 nitrogen and oxygen atoms in total. The molecule has 138 valence electrons. The zero-order valence-corrected chi connectivity index (χ0v) is 15.2. The lowest BCUT2D eigenvalue weighted by Crippen LogP contribution is -2.14. The van der Waals surface area contributed by atoms with Gasteiger partial charge in [0.25, 0.3) is 5.91 Å². The summed E-state index contributed by atoms with van der Waals surface area (Å²) in [5.41, 5.74) is 0.795. The van der Waals surface area contributed by atoms with Crippen LogP contribution >= 0.6 is 0 Å². The number of hydrogen-bond acceptors (Lipinski definition) is 6. The number of carbonyl (C=O) groups excluding carboxylic acids is 2. The average Bonchev–Trinajstić information content (AvgIpc) is 2.66. The number of nitrogens with one attached hydrogen (secondary N) is 1. The molecule has 1 amide bonds. The highest BCUT2D eigenvalue weighted by Gasteiger charge is 2.12. The Morgan fingerprint density at radius 3 is 2.38 bits per heavy atom. The molecule has 1 N–H and O–H groups in total. The fraction of sp³-hybridized carbons (Fsp3) is 0.222. The number of amides is 1. The highest BCUT2D eigenvalue weighted by Crippen LogP contribution is 2.18. The van der Waals surface area contributed by atoms with Crippen LogP contribution in [0.4, 0.5) is 5.69 Å². The van der Waals surface area contributed by atoms with Crippen LogP contribution in [-0.2, 0) is 19.4 Å². The monoisotopic (exact) mass is 377 g/mol. The summed E-state index contributed by atoms with van der Waals surface area (Å²) in [6.07, 6.45) is 0. The number of sulfone groups is 1. The largest absolute Gasteiger partial charge is 0.482 e. The first-order valence-electron chi connectivity index (χ1n) is 7.79. The molecule has 26 heavy (non-hydrogen) atoms. The zero-order chi connectivity index (χ0) is 19.2. The number of esters is 1. The fourth-order valence-electron chi connectivity index (χ4n) is 2.04. The first-order chi connectivity index (χ1) is 12.4. The molecule has 0 spiro atoms. The summed E-state index contributed by atoms with van der Waals surface area (Å²) in [5, 5.41) is 2.68. The topological polar surface area (TPSA) is 98.8 Å². The molecule has 0 aromatic heterocycles. The van der Waals surface area contributed by atoms with Crippen LogP contribution < -0.4 is 10.1 Å². The fourth-order valence-corrected chi connectivity index (χ4v) is 2.93. The molecule has 2 aromatic carbocycles. The number of methoxy groups -OCH3 is 1. The molecular weight excluding hydrogens is 358 g/mol. The van der Waals surface area contributed by atoms with E-state index in [1.54, 1.807) is 25.1 Å². The van der Waals surface area contributed by atoms with Gasteiger partial charge in [-0.15, -0.1) is 0 Å². The van der Waals surface area contributed by atoms with E-state index >= 15 is 0 Å². The van der Waals surface area contributed by atoms with E-state index in [9.17, 15) is 18.0 Å². The Morgan fingerprint density at radius 2 is 1.77 bits per heavy atom. The summed E-state index contributed by atoms with van der Waals surface area (Å²) < 4.78 is 33.3. The maximum atomic E-state index is 12.3. The number of benzene rings is 2. The highest BCUT2D eigenvalue weighted by atomic mass is 32.2. The van der Waals surface area contributed by atoms with Crippen molar-refractivity contribution in [3.8, 4) is 5.75 Å². The molecule has 8 heteroatoms. The lowest BCUT2D eigenvalue weighted by Gasteiger charge is -2.09. The molecular formula is C18H19NO6S. The number of carbonyl (C=O) groups is 2. The van der Waals surface area contributed by atoms with Crippen molar-refractivity contribution in [3.05, 3.63) is 54.1 Å². The molecule has 0 fully saturated rings. The third-order valence-electron chi connectivity index (χ3n) is 3.53. The average molecular weight is 377 g/mol. The molecule has 0 saturated heterocycles. The second-order valence-electron chi connectivity index (χ2n) is 5.27. The van der Waals surface area contributed by atoms with Crippen LogP contribution in [0, 0.1) is 0 Å². The van der Waals surface area contributed by atoms with E-state index in [0.29, 0.717) is 17.0 Å². The smallest absolute Gasteiger partial charge is 0.343 e. The van der Waals surface area contributed by atoms with Crippen LogP contribution in [0.15, 0.2) is 53.4 Å². The zero-order valence-electron chi connectivity index (χ0n) is 14.4. The van der Waals surface area contributed by atoms with Gasteiger partial charge in [0.2, 0.25) is 0 Å². The highest BCUT2D eigenvalue weighted by molar-refractivity contribution is 7.91. The van der Waals surface area contributed by atoms with Gasteiger partial charge in [-0.25, -0.2) is 13.2 Å². The van der Waals surface area contributed by atoms with Crippen LogP contribution in [0.5, 0.6) is 5.75 Å². The van der Waals surface area contributed by atoms with E-state index in [-0.39, 0.29) is 23.2 Å². The summed E-state index contributed by atoms with van der Waals surface area (Å²) in [6.45, 7) is 1.31. The Labute approximate surface area is 151 Å². The van der Waals surface area contributed by atoms with E-state index in [4.69, 9.17) is 4.74 Å². The van der Waals surface area contributed by atoms with Crippen molar-refractivity contribution in [3.63, 3.8) is 0 Å². The van der Waals surface area contributed by atoms with Crippen molar-refractivity contribution >= 4 is 27.4 Å². The number of ether oxygens (including phenoxy) is 2. The Morgan fingerprint density at radius 1 is 1.08 bits per heavy atom. The van der Waals surface area contributed by atoms with E-state index in [2.05, 4.69) is 10.1 Å².